The van der Waals surface area contributed by atoms with Crippen molar-refractivity contribution < 1.29 is 22.7 Å². The summed E-state index contributed by atoms with van der Waals surface area (Å²) >= 11 is 6.99. The summed E-state index contributed by atoms with van der Waals surface area (Å²) in [6, 6.07) is 11.3. The van der Waals surface area contributed by atoms with E-state index in [-0.39, 0.29) is 15.8 Å². The number of methoxy groups -OCH3 is 1. The lowest BCUT2D eigenvalue weighted by molar-refractivity contribution is -0.143. The Labute approximate surface area is 195 Å². The number of carbonyl (C=O) groups is 1. The minimum absolute atomic E-state index is 0.0805. The molecule has 1 amide bonds. The highest BCUT2D eigenvalue weighted by atomic mass is 35.5. The van der Waals surface area contributed by atoms with E-state index in [9.17, 15) is 18.0 Å². The summed E-state index contributed by atoms with van der Waals surface area (Å²) in [5, 5.41) is 8.29. The van der Waals surface area contributed by atoms with Gasteiger partial charge in [0.25, 0.3) is 5.91 Å². The third-order valence-corrected chi connectivity index (χ3v) is 5.68. The molecular formula is C22H16ClF3N4O2S. The second kappa shape index (κ2) is 8.87. The Hall–Kier alpha value is -3.37. The van der Waals surface area contributed by atoms with Gasteiger partial charge >= 0.3 is 6.18 Å². The predicted octanol–water partition coefficient (Wildman–Crippen LogP) is 6.24. The lowest BCUT2D eigenvalue weighted by Gasteiger charge is -2.12. The Morgan fingerprint density at radius 1 is 1.21 bits per heavy atom. The number of nitrogens with zero attached hydrogens (tertiary/aromatic N) is 3. The molecule has 170 valence electrons. The highest BCUT2D eigenvalue weighted by molar-refractivity contribution is 7.14. The van der Waals surface area contributed by atoms with Crippen LogP contribution in [0.4, 0.5) is 18.3 Å². The molecule has 4 rings (SSSR count). The van der Waals surface area contributed by atoms with Crippen molar-refractivity contribution in [2.75, 3.05) is 12.4 Å². The molecule has 0 atom stereocenters. The van der Waals surface area contributed by atoms with Gasteiger partial charge in [-0.3, -0.25) is 10.1 Å². The number of hydrogen-bond acceptors (Lipinski definition) is 5. The summed E-state index contributed by atoms with van der Waals surface area (Å²) in [5.41, 5.74) is 0.455. The van der Waals surface area contributed by atoms with Crippen molar-refractivity contribution >= 4 is 34.0 Å². The topological polar surface area (TPSA) is 69.0 Å². The second-order valence-electron chi connectivity index (χ2n) is 6.99. The minimum Gasteiger partial charge on any atom is -0.496 e. The first-order valence-electron chi connectivity index (χ1n) is 9.50. The summed E-state index contributed by atoms with van der Waals surface area (Å²) in [7, 11) is 1.53. The van der Waals surface area contributed by atoms with E-state index in [0.29, 0.717) is 21.7 Å². The van der Waals surface area contributed by atoms with Crippen LogP contribution in [0, 0.1) is 6.92 Å². The smallest absolute Gasteiger partial charge is 0.434 e. The first kappa shape index (κ1) is 22.8. The largest absolute Gasteiger partial charge is 0.496 e. The molecule has 0 aliphatic heterocycles. The number of alkyl halides is 3. The van der Waals surface area contributed by atoms with E-state index in [2.05, 4.69) is 15.4 Å². The number of carbonyl (C=O) groups excluding carboxylic acids is 1. The fourth-order valence-electron chi connectivity index (χ4n) is 3.23. The molecule has 2 aromatic heterocycles. The summed E-state index contributed by atoms with van der Waals surface area (Å²) in [5.74, 6) is -0.390. The molecule has 0 unspecified atom stereocenters. The highest BCUT2D eigenvalue weighted by Crippen LogP contribution is 2.36. The molecular weight excluding hydrogens is 477 g/mol. The van der Waals surface area contributed by atoms with Crippen LogP contribution < -0.4 is 10.1 Å². The molecule has 0 aliphatic rings. The third-order valence-electron chi connectivity index (χ3n) is 4.69. The molecule has 4 aromatic rings. The molecule has 0 saturated heterocycles. The fraction of sp³-hybridized carbons (Fsp3) is 0.136. The van der Waals surface area contributed by atoms with Gasteiger partial charge < -0.3 is 4.74 Å². The maximum atomic E-state index is 13.9. The van der Waals surface area contributed by atoms with Gasteiger partial charge in [0.05, 0.1) is 30.3 Å². The van der Waals surface area contributed by atoms with Crippen LogP contribution >= 0.6 is 22.9 Å². The number of amides is 1. The Bertz CT molecular complexity index is 1330. The number of anilines is 1. The lowest BCUT2D eigenvalue weighted by Crippen LogP contribution is -2.20. The van der Waals surface area contributed by atoms with Crippen molar-refractivity contribution in [2.24, 2.45) is 0 Å². The number of ether oxygens (including phenoxy) is 1. The van der Waals surface area contributed by atoms with Crippen LogP contribution in [0.3, 0.4) is 0 Å². The van der Waals surface area contributed by atoms with E-state index in [4.69, 9.17) is 16.3 Å². The number of aromatic nitrogens is 3. The molecule has 0 radical (unpaired) electrons. The average molecular weight is 493 g/mol. The number of halogens is 4. The Balaban J connectivity index is 1.66. The van der Waals surface area contributed by atoms with E-state index in [1.54, 1.807) is 11.4 Å². The van der Waals surface area contributed by atoms with Crippen molar-refractivity contribution in [3.05, 3.63) is 75.9 Å². The van der Waals surface area contributed by atoms with Crippen LogP contribution in [0.1, 0.15) is 21.6 Å². The van der Waals surface area contributed by atoms with Crippen molar-refractivity contribution in [2.45, 2.75) is 13.1 Å². The SMILES string of the molecule is COc1ccc(C)cc1-c1csc(NC(=O)c2cnn(-c3cccc(Cl)c3)c2C(F)(F)F)n1. The maximum Gasteiger partial charge on any atom is 0.434 e. The van der Waals surface area contributed by atoms with Gasteiger partial charge in [0, 0.05) is 16.0 Å². The van der Waals surface area contributed by atoms with E-state index >= 15 is 0 Å². The van der Waals surface area contributed by atoms with Crippen molar-refractivity contribution in [3.8, 4) is 22.7 Å². The number of benzene rings is 2. The van der Waals surface area contributed by atoms with E-state index in [1.807, 2.05) is 19.1 Å². The molecule has 0 spiro atoms. The molecule has 2 aromatic carbocycles. The third kappa shape index (κ3) is 4.71. The first-order chi connectivity index (χ1) is 15.7. The Kier molecular flexibility index (Phi) is 6.13. The van der Waals surface area contributed by atoms with Crippen molar-refractivity contribution in [1.29, 1.82) is 0 Å². The molecule has 1 N–H and O–H groups in total. The summed E-state index contributed by atoms with van der Waals surface area (Å²) in [6.45, 7) is 1.91. The van der Waals surface area contributed by atoms with E-state index < -0.39 is 23.3 Å². The molecule has 33 heavy (non-hydrogen) atoms. The van der Waals surface area contributed by atoms with Crippen LogP contribution in [-0.2, 0) is 6.18 Å². The Morgan fingerprint density at radius 2 is 2.00 bits per heavy atom. The predicted molar refractivity (Wildman–Crippen MR) is 120 cm³/mol. The first-order valence-corrected chi connectivity index (χ1v) is 10.8. The van der Waals surface area contributed by atoms with Crippen LogP contribution in [0.5, 0.6) is 5.75 Å². The zero-order chi connectivity index (χ0) is 23.8. The van der Waals surface area contributed by atoms with E-state index in [0.717, 1.165) is 23.1 Å². The standard InChI is InChI=1S/C22H16ClF3N4O2S/c1-12-6-7-18(32-2)15(8-12)17-11-33-21(28-17)29-20(31)16-10-27-30(19(16)22(24,25)26)14-5-3-4-13(23)9-14/h3-11H,1-2H3,(H,28,29,31). The summed E-state index contributed by atoms with van der Waals surface area (Å²) in [6.07, 6.45) is -3.97. The minimum atomic E-state index is -4.84. The molecule has 0 fully saturated rings. The van der Waals surface area contributed by atoms with Gasteiger partial charge in [0.15, 0.2) is 10.8 Å². The van der Waals surface area contributed by atoms with Gasteiger partial charge in [-0.1, -0.05) is 29.3 Å². The van der Waals surface area contributed by atoms with Gasteiger partial charge in [-0.15, -0.1) is 11.3 Å². The van der Waals surface area contributed by atoms with Gasteiger partial charge in [0.2, 0.25) is 0 Å². The normalized spacial score (nSPS) is 11.5. The van der Waals surface area contributed by atoms with Crippen LogP contribution in [0.25, 0.3) is 16.9 Å². The molecule has 2 heterocycles. The average Bonchev–Trinajstić information content (AvgIpc) is 3.41. The fourth-order valence-corrected chi connectivity index (χ4v) is 4.12. The zero-order valence-corrected chi connectivity index (χ0v) is 18.8. The monoisotopic (exact) mass is 492 g/mol. The summed E-state index contributed by atoms with van der Waals surface area (Å²) < 4.78 is 47.6. The van der Waals surface area contributed by atoms with Crippen LogP contribution in [0.2, 0.25) is 5.02 Å². The number of aryl methyl sites for hydroxylation is 1. The van der Waals surface area contributed by atoms with Crippen LogP contribution in [0.15, 0.2) is 54.0 Å². The molecule has 0 aliphatic carbocycles. The lowest BCUT2D eigenvalue weighted by atomic mass is 10.1. The number of hydrogen-bond donors (Lipinski definition) is 1. The quantitative estimate of drug-likeness (QED) is 0.358. The Morgan fingerprint density at radius 3 is 2.70 bits per heavy atom. The van der Waals surface area contributed by atoms with Crippen LogP contribution in [-0.4, -0.2) is 27.8 Å². The highest BCUT2D eigenvalue weighted by Gasteiger charge is 2.40. The van der Waals surface area contributed by atoms with E-state index in [1.165, 1.54) is 31.4 Å². The maximum absolute atomic E-state index is 13.9. The zero-order valence-electron chi connectivity index (χ0n) is 17.3. The van der Waals surface area contributed by atoms with Gasteiger partial charge in [-0.25, -0.2) is 9.67 Å². The van der Waals surface area contributed by atoms with Crippen molar-refractivity contribution in [3.63, 3.8) is 0 Å². The van der Waals surface area contributed by atoms with Crippen molar-refractivity contribution in [1.82, 2.24) is 14.8 Å². The molecule has 11 heteroatoms. The second-order valence-corrected chi connectivity index (χ2v) is 8.29. The molecule has 6 nitrogen and oxygen atoms in total. The molecule has 0 saturated carbocycles. The molecule has 0 bridgehead atoms. The van der Waals surface area contributed by atoms with Gasteiger partial charge in [0.1, 0.15) is 5.75 Å². The number of rotatable bonds is 5. The van der Waals surface area contributed by atoms with Gasteiger partial charge in [-0.2, -0.15) is 18.3 Å². The number of nitrogens with one attached hydrogen (secondary N) is 1. The van der Waals surface area contributed by atoms with Gasteiger partial charge in [-0.05, 0) is 37.3 Å². The number of thiazole rings is 1. The summed E-state index contributed by atoms with van der Waals surface area (Å²) in [4.78, 5) is 17.1.